The van der Waals surface area contributed by atoms with Crippen molar-refractivity contribution in [3.05, 3.63) is 65.7 Å². The van der Waals surface area contributed by atoms with Gasteiger partial charge in [0.15, 0.2) is 5.96 Å². The van der Waals surface area contributed by atoms with Gasteiger partial charge in [0.05, 0.1) is 12.5 Å². The van der Waals surface area contributed by atoms with Crippen molar-refractivity contribution < 1.29 is 63.0 Å². The number of aromatic hydroxyl groups is 1. The summed E-state index contributed by atoms with van der Waals surface area (Å²) in [5, 5.41) is 36.4. The van der Waals surface area contributed by atoms with E-state index in [4.69, 9.17) is 22.9 Å². The number of nitrogens with two attached hydrogens (primary N) is 4. The van der Waals surface area contributed by atoms with Crippen molar-refractivity contribution in [3.63, 3.8) is 0 Å². The number of phenols is 1. The van der Waals surface area contributed by atoms with E-state index < -0.39 is 150 Å². The fourth-order valence-electron chi connectivity index (χ4n) is 9.62. The number of aliphatic carboxylic acids is 1. The van der Waals surface area contributed by atoms with Crippen LogP contribution >= 0.6 is 21.6 Å². The zero-order chi connectivity index (χ0) is 58.5. The number of hydrogen-bond donors (Lipinski definition) is 13. The first-order chi connectivity index (χ1) is 38.0. The summed E-state index contributed by atoms with van der Waals surface area (Å²) in [5.74, 6) is -9.85. The maximum atomic E-state index is 15.0. The van der Waals surface area contributed by atoms with Gasteiger partial charge in [-0.05, 0) is 75.1 Å². The van der Waals surface area contributed by atoms with Gasteiger partial charge in [-0.15, -0.1) is 0 Å². The molecule has 1 saturated carbocycles. The SMILES string of the molecule is CC(CC[C@H](NC(=O)[C@@H]1CCCN1C(=O)C1CNC(=O)[C@@H](CC(N)=O)NC(=O)[C@H](CCC(N)=O)NC(=O)[C@@H](Cc2ccccc2)NC(=O)[C@H](Cc2ccc(O)cc2)NC(=O)CC2(CCCCC2)SS1)C(=O)NCC(=O)O)N=C(N)N. The predicted molar refractivity (Wildman–Crippen MR) is 296 cm³/mol. The molecule has 17 N–H and O–H groups in total. The largest absolute Gasteiger partial charge is 0.508 e. The van der Waals surface area contributed by atoms with E-state index in [1.165, 1.54) is 27.8 Å². The molecule has 0 radical (unpaired) electrons. The minimum absolute atomic E-state index is 0.0229. The van der Waals surface area contributed by atoms with Crippen molar-refractivity contribution >= 4 is 92.6 Å². The molecule has 2 heterocycles. The highest BCUT2D eigenvalue weighted by Crippen LogP contribution is 2.50. The van der Waals surface area contributed by atoms with Gasteiger partial charge in [-0.25, -0.2) is 0 Å². The number of carboxylic acid groups (broad SMARTS) is 1. The van der Waals surface area contributed by atoms with Gasteiger partial charge < -0.3 is 75.3 Å². The zero-order valence-electron chi connectivity index (χ0n) is 44.4. The lowest BCUT2D eigenvalue weighted by Gasteiger charge is -2.37. The summed E-state index contributed by atoms with van der Waals surface area (Å²) < 4.78 is -0.859. The van der Waals surface area contributed by atoms with Gasteiger partial charge in [0.25, 0.3) is 0 Å². The van der Waals surface area contributed by atoms with E-state index in [9.17, 15) is 58.2 Å². The van der Waals surface area contributed by atoms with E-state index >= 15 is 4.79 Å². The number of carboxylic acids is 1. The van der Waals surface area contributed by atoms with Crippen molar-refractivity contribution in [2.45, 2.75) is 156 Å². The van der Waals surface area contributed by atoms with Gasteiger partial charge in [0.2, 0.25) is 59.1 Å². The standard InChI is InChI=1S/C52H73N13O13S2/c1-29(59-51(55)56)12-17-33(44(72)58-28-43(70)71)62-49(77)38-11-8-22-65(38)50(78)39-27-57-45(73)37(25-41(54)68)64-46(74)34(18-19-40(53)67)61-48(76)36(23-30-9-4-2-5-10-30)63-47(75)35(24-31-13-15-32(66)16-14-31)60-42(69)26-52(80-79-39)20-6-3-7-21-52/h2,4-5,9-10,13-16,29,33-39,66H,3,6-8,11-12,17-28H2,1H3,(H2,53,67)(H2,54,68)(H,57,73)(H,58,72)(H,60,69)(H,61,76)(H,62,77)(H,63,75)(H,64,74)(H,70,71)(H4,55,56,59)/t29?,33-,34-,35-,36+,37+,38-,39?/m0/s1. The Morgan fingerprint density at radius 1 is 0.762 bits per heavy atom. The molecule has 10 amide bonds. The highest BCUT2D eigenvalue weighted by Gasteiger charge is 2.43. The molecule has 2 saturated heterocycles. The minimum atomic E-state index is -1.70. The summed E-state index contributed by atoms with van der Waals surface area (Å²) in [6.45, 7) is 0.532. The van der Waals surface area contributed by atoms with Gasteiger partial charge >= 0.3 is 5.97 Å². The minimum Gasteiger partial charge on any atom is -0.508 e. The number of carbonyl (C=O) groups excluding carboxylic acids is 10. The van der Waals surface area contributed by atoms with E-state index in [2.05, 4.69) is 42.2 Å². The van der Waals surface area contributed by atoms with Crippen molar-refractivity contribution in [3.8, 4) is 5.75 Å². The van der Waals surface area contributed by atoms with E-state index in [1.807, 2.05) is 0 Å². The molecule has 2 aliphatic heterocycles. The lowest BCUT2D eigenvalue weighted by molar-refractivity contribution is -0.140. The summed E-state index contributed by atoms with van der Waals surface area (Å²) in [4.78, 5) is 156. The van der Waals surface area contributed by atoms with E-state index in [-0.39, 0.29) is 56.8 Å². The number of likely N-dealkylation sites (tertiary alicyclic amines) is 1. The van der Waals surface area contributed by atoms with Crippen LogP contribution in [0.15, 0.2) is 59.6 Å². The number of aliphatic imine (C=N–C) groups is 1. The first-order valence-electron chi connectivity index (χ1n) is 26.4. The van der Waals surface area contributed by atoms with Crippen molar-refractivity contribution in [2.24, 2.45) is 27.9 Å². The first-order valence-corrected chi connectivity index (χ1v) is 28.6. The molecule has 26 nitrogen and oxygen atoms in total. The molecule has 3 aliphatic rings. The average Bonchev–Trinajstić information content (AvgIpc) is 3.92. The molecular weight excluding hydrogens is 1080 g/mol. The van der Waals surface area contributed by atoms with Crippen LogP contribution in [0.2, 0.25) is 0 Å². The highest BCUT2D eigenvalue weighted by molar-refractivity contribution is 8.77. The smallest absolute Gasteiger partial charge is 0.322 e. The second-order valence-electron chi connectivity index (χ2n) is 20.2. The number of primary amides is 2. The zero-order valence-corrected chi connectivity index (χ0v) is 46.1. The lowest BCUT2D eigenvalue weighted by atomic mass is 9.85. The molecular formula is C52H73N13O13S2. The van der Waals surface area contributed by atoms with Crippen LogP contribution in [0.4, 0.5) is 0 Å². The van der Waals surface area contributed by atoms with Crippen LogP contribution in [0.3, 0.4) is 0 Å². The Balaban J connectivity index is 1.53. The third-order valence-corrected chi connectivity index (χ3v) is 17.4. The van der Waals surface area contributed by atoms with Gasteiger partial charge in [-0.1, -0.05) is 83.3 Å². The van der Waals surface area contributed by atoms with E-state index in [1.54, 1.807) is 49.4 Å². The summed E-state index contributed by atoms with van der Waals surface area (Å²) in [5.41, 5.74) is 23.3. The second kappa shape index (κ2) is 30.7. The van der Waals surface area contributed by atoms with Crippen LogP contribution in [0, 0.1) is 0 Å². The highest BCUT2D eigenvalue weighted by atomic mass is 33.1. The first kappa shape index (κ1) is 63.2. The summed E-state index contributed by atoms with van der Waals surface area (Å²) in [6, 6.07) is 5.66. The number of rotatable bonds is 19. The maximum Gasteiger partial charge on any atom is 0.322 e. The van der Waals surface area contributed by atoms with Crippen LogP contribution in [-0.4, -0.2) is 158 Å². The molecule has 5 rings (SSSR count). The van der Waals surface area contributed by atoms with Crippen LogP contribution < -0.4 is 60.2 Å². The third kappa shape index (κ3) is 20.2. The monoisotopic (exact) mass is 1150 g/mol. The Bertz CT molecular complexity index is 2590. The molecule has 2 aromatic carbocycles. The Morgan fingerprint density at radius 2 is 1.38 bits per heavy atom. The molecule has 2 aromatic rings. The van der Waals surface area contributed by atoms with Crippen molar-refractivity contribution in [1.82, 2.24) is 42.1 Å². The predicted octanol–water partition coefficient (Wildman–Crippen LogP) is -1.65. The van der Waals surface area contributed by atoms with Gasteiger partial charge in [-0.2, -0.15) is 0 Å². The molecule has 1 aliphatic carbocycles. The number of hydrogen-bond acceptors (Lipinski definition) is 15. The average molecular weight is 1150 g/mol. The fourth-order valence-corrected chi connectivity index (χ4v) is 13.0. The topological polar surface area (TPSA) is 432 Å². The van der Waals surface area contributed by atoms with Crippen LogP contribution in [0.5, 0.6) is 5.75 Å². The summed E-state index contributed by atoms with van der Waals surface area (Å²) in [7, 11) is 2.27. The molecule has 2 unspecified atom stereocenters. The molecule has 0 aromatic heterocycles. The number of carbonyl (C=O) groups is 11. The van der Waals surface area contributed by atoms with Crippen LogP contribution in [-0.2, 0) is 65.6 Å². The van der Waals surface area contributed by atoms with Crippen LogP contribution in [0.25, 0.3) is 0 Å². The quantitative estimate of drug-likeness (QED) is 0.0426. The fraction of sp³-hybridized carbons (Fsp3) is 0.538. The number of guanidine groups is 1. The van der Waals surface area contributed by atoms with Crippen molar-refractivity contribution in [2.75, 3.05) is 19.6 Å². The molecule has 3 fully saturated rings. The Morgan fingerprint density at radius 3 is 2.00 bits per heavy atom. The molecule has 28 heteroatoms. The van der Waals surface area contributed by atoms with E-state index in [0.717, 1.165) is 17.2 Å². The Kier molecular flexibility index (Phi) is 24.2. The third-order valence-electron chi connectivity index (χ3n) is 13.7. The Labute approximate surface area is 470 Å². The second-order valence-corrected chi connectivity index (χ2v) is 23.1. The van der Waals surface area contributed by atoms with Gasteiger partial charge in [0, 0.05) is 43.5 Å². The lowest BCUT2D eigenvalue weighted by Crippen LogP contribution is -2.59. The molecule has 436 valence electrons. The molecule has 8 atom stereocenters. The molecule has 0 bridgehead atoms. The number of phenolic OH excluding ortho intramolecular Hbond substituents is 1. The summed E-state index contributed by atoms with van der Waals surface area (Å²) in [6.07, 6.45) is 1.92. The normalized spacial score (nSPS) is 23.1. The maximum absolute atomic E-state index is 15.0. The van der Waals surface area contributed by atoms with Crippen molar-refractivity contribution in [1.29, 1.82) is 0 Å². The Hall–Kier alpha value is -7.62. The van der Waals surface area contributed by atoms with Gasteiger partial charge in [0.1, 0.15) is 53.8 Å². The number of nitrogens with one attached hydrogen (secondary N) is 7. The molecule has 80 heavy (non-hydrogen) atoms. The van der Waals surface area contributed by atoms with Crippen LogP contribution in [0.1, 0.15) is 102 Å². The number of nitrogens with zero attached hydrogens (tertiary/aromatic N) is 2. The summed E-state index contributed by atoms with van der Waals surface area (Å²) >= 11 is 0. The number of amides is 10. The number of benzene rings is 2. The van der Waals surface area contributed by atoms with E-state index in [0.29, 0.717) is 43.2 Å². The van der Waals surface area contributed by atoms with Gasteiger partial charge in [-0.3, -0.25) is 57.7 Å². The molecule has 1 spiro atoms.